The molecule has 0 amide bonds. The Balaban J connectivity index is 1.61. The van der Waals surface area contributed by atoms with Crippen molar-refractivity contribution < 1.29 is 0 Å². The summed E-state index contributed by atoms with van der Waals surface area (Å²) in [7, 11) is 0. The molecule has 0 aromatic rings. The summed E-state index contributed by atoms with van der Waals surface area (Å²) in [6.07, 6.45) is 16.8. The first-order valence-corrected chi connectivity index (χ1v) is 8.93. The van der Waals surface area contributed by atoms with E-state index >= 15 is 0 Å². The van der Waals surface area contributed by atoms with E-state index in [1.165, 1.54) is 70.8 Å². The molecule has 1 N–H and O–H groups in total. The molecule has 0 unspecified atom stereocenters. The topological polar surface area (TPSA) is 12.0 Å². The summed E-state index contributed by atoms with van der Waals surface area (Å²) in [6, 6.07) is 0.835. The van der Waals surface area contributed by atoms with E-state index in [2.05, 4.69) is 23.3 Å². The minimum atomic E-state index is 0.835. The molecule has 1 nitrogen and oxygen atoms in total. The van der Waals surface area contributed by atoms with Gasteiger partial charge in [0.1, 0.15) is 0 Å². The summed E-state index contributed by atoms with van der Waals surface area (Å²) in [6.45, 7) is 1.30. The Morgan fingerprint density at radius 2 is 1.53 bits per heavy atom. The van der Waals surface area contributed by atoms with Crippen molar-refractivity contribution in [2.24, 2.45) is 5.92 Å². The van der Waals surface area contributed by atoms with E-state index in [-0.39, 0.29) is 0 Å². The number of hydrogen-bond acceptors (Lipinski definition) is 2. The van der Waals surface area contributed by atoms with Crippen molar-refractivity contribution in [3.05, 3.63) is 0 Å². The second kappa shape index (κ2) is 7.68. The number of nitrogens with one attached hydrogen (secondary N) is 1. The van der Waals surface area contributed by atoms with Crippen LogP contribution in [0.4, 0.5) is 0 Å². The number of rotatable bonds is 4. The maximum Gasteiger partial charge on any atom is 0.00679 e. The van der Waals surface area contributed by atoms with Gasteiger partial charge in [0.05, 0.1) is 0 Å². The van der Waals surface area contributed by atoms with Gasteiger partial charge in [-0.25, -0.2) is 0 Å². The average Bonchev–Trinajstić information content (AvgIpc) is 2.65. The minimum absolute atomic E-state index is 0.835. The van der Waals surface area contributed by atoms with Gasteiger partial charge in [0, 0.05) is 11.3 Å². The second-order valence-corrected chi connectivity index (χ2v) is 7.11. The molecule has 0 heterocycles. The Morgan fingerprint density at radius 1 is 0.882 bits per heavy atom. The molecule has 0 atom stereocenters. The van der Waals surface area contributed by atoms with Gasteiger partial charge in [-0.2, -0.15) is 11.8 Å². The zero-order valence-corrected chi connectivity index (χ0v) is 12.2. The van der Waals surface area contributed by atoms with E-state index in [4.69, 9.17) is 0 Å². The molecule has 2 aliphatic carbocycles. The van der Waals surface area contributed by atoms with E-state index in [0.29, 0.717) is 0 Å². The van der Waals surface area contributed by atoms with Crippen LogP contribution in [-0.4, -0.2) is 24.1 Å². The predicted molar refractivity (Wildman–Crippen MR) is 78.8 cm³/mol. The zero-order chi connectivity index (χ0) is 11.9. The van der Waals surface area contributed by atoms with Crippen LogP contribution < -0.4 is 5.32 Å². The molecule has 2 saturated carbocycles. The van der Waals surface area contributed by atoms with Crippen molar-refractivity contribution >= 4 is 11.8 Å². The van der Waals surface area contributed by atoms with Crippen molar-refractivity contribution in [2.75, 3.05) is 12.8 Å². The van der Waals surface area contributed by atoms with Crippen molar-refractivity contribution in [1.29, 1.82) is 0 Å². The molecule has 0 spiro atoms. The van der Waals surface area contributed by atoms with Crippen LogP contribution in [0.1, 0.15) is 64.2 Å². The summed E-state index contributed by atoms with van der Waals surface area (Å²) in [5.41, 5.74) is 0. The third-order valence-corrected chi connectivity index (χ3v) is 5.82. The first kappa shape index (κ1) is 13.7. The Morgan fingerprint density at radius 3 is 2.12 bits per heavy atom. The summed E-state index contributed by atoms with van der Waals surface area (Å²) in [5.74, 6) is 0.982. The highest BCUT2D eigenvalue weighted by molar-refractivity contribution is 7.99. The lowest BCUT2D eigenvalue weighted by molar-refractivity contribution is 0.336. The number of thioether (sulfide) groups is 1. The van der Waals surface area contributed by atoms with Crippen LogP contribution in [0.25, 0.3) is 0 Å². The SMILES string of the molecule is CSC1CCC(NCC2CCCCCC2)CC1. The molecule has 0 radical (unpaired) electrons. The van der Waals surface area contributed by atoms with Gasteiger partial charge in [-0.3, -0.25) is 0 Å². The van der Waals surface area contributed by atoms with Crippen LogP contribution in [-0.2, 0) is 0 Å². The van der Waals surface area contributed by atoms with Crippen LogP contribution in [0.15, 0.2) is 0 Å². The van der Waals surface area contributed by atoms with Gasteiger partial charge in [0.15, 0.2) is 0 Å². The first-order valence-electron chi connectivity index (χ1n) is 7.64. The van der Waals surface area contributed by atoms with Crippen LogP contribution in [0.5, 0.6) is 0 Å². The van der Waals surface area contributed by atoms with E-state index in [1.54, 1.807) is 0 Å². The van der Waals surface area contributed by atoms with Crippen LogP contribution in [0.3, 0.4) is 0 Å². The van der Waals surface area contributed by atoms with Gasteiger partial charge in [-0.15, -0.1) is 0 Å². The predicted octanol–water partition coefficient (Wildman–Crippen LogP) is 4.22. The van der Waals surface area contributed by atoms with Crippen molar-refractivity contribution in [1.82, 2.24) is 5.32 Å². The fourth-order valence-corrected chi connectivity index (χ4v) is 4.15. The molecule has 17 heavy (non-hydrogen) atoms. The lowest BCUT2D eigenvalue weighted by Crippen LogP contribution is -2.36. The lowest BCUT2D eigenvalue weighted by atomic mass is 9.93. The smallest absolute Gasteiger partial charge is 0.00679 e. The largest absolute Gasteiger partial charge is 0.314 e. The van der Waals surface area contributed by atoms with Gasteiger partial charge in [-0.05, 0) is 57.2 Å². The maximum absolute atomic E-state index is 3.85. The second-order valence-electron chi connectivity index (χ2n) is 5.98. The molecule has 0 aliphatic heterocycles. The zero-order valence-electron chi connectivity index (χ0n) is 11.4. The van der Waals surface area contributed by atoms with Crippen LogP contribution in [0, 0.1) is 5.92 Å². The van der Waals surface area contributed by atoms with E-state index < -0.39 is 0 Å². The Bertz CT molecular complexity index is 191. The van der Waals surface area contributed by atoms with Gasteiger partial charge < -0.3 is 5.32 Å². The summed E-state index contributed by atoms with van der Waals surface area (Å²) in [5, 5.41) is 4.80. The van der Waals surface area contributed by atoms with Crippen molar-refractivity contribution in [2.45, 2.75) is 75.5 Å². The Hall–Kier alpha value is 0.310. The highest BCUT2D eigenvalue weighted by Gasteiger charge is 2.21. The maximum atomic E-state index is 3.85. The van der Waals surface area contributed by atoms with Crippen LogP contribution >= 0.6 is 11.8 Å². The molecule has 0 bridgehead atoms. The standard InChI is InChI=1S/C15H29NS/c1-17-15-10-8-14(9-11-15)16-12-13-6-4-2-3-5-7-13/h13-16H,2-12H2,1H3. The highest BCUT2D eigenvalue weighted by Crippen LogP contribution is 2.27. The molecular weight excluding hydrogens is 226 g/mol. The quantitative estimate of drug-likeness (QED) is 0.755. The Labute approximate surface area is 112 Å². The average molecular weight is 255 g/mol. The summed E-state index contributed by atoms with van der Waals surface area (Å²) >= 11 is 2.07. The molecule has 2 heteroatoms. The van der Waals surface area contributed by atoms with E-state index in [9.17, 15) is 0 Å². The van der Waals surface area contributed by atoms with Crippen LogP contribution in [0.2, 0.25) is 0 Å². The third kappa shape index (κ3) is 4.82. The lowest BCUT2D eigenvalue weighted by Gasteiger charge is -2.29. The minimum Gasteiger partial charge on any atom is -0.314 e. The molecule has 0 aromatic heterocycles. The normalized spacial score (nSPS) is 32.3. The first-order chi connectivity index (χ1) is 8.38. The molecule has 2 fully saturated rings. The summed E-state index contributed by atoms with van der Waals surface area (Å²) < 4.78 is 0. The number of hydrogen-bond donors (Lipinski definition) is 1. The van der Waals surface area contributed by atoms with Crippen molar-refractivity contribution in [3.8, 4) is 0 Å². The van der Waals surface area contributed by atoms with Crippen molar-refractivity contribution in [3.63, 3.8) is 0 Å². The molecule has 0 aromatic carbocycles. The molecule has 2 rings (SSSR count). The molecule has 2 aliphatic rings. The van der Waals surface area contributed by atoms with Gasteiger partial charge in [0.2, 0.25) is 0 Å². The third-order valence-electron chi connectivity index (χ3n) is 4.68. The van der Waals surface area contributed by atoms with Gasteiger partial charge in [-0.1, -0.05) is 25.7 Å². The fourth-order valence-electron chi connectivity index (χ4n) is 3.40. The molecular formula is C15H29NS. The van der Waals surface area contributed by atoms with E-state index in [0.717, 1.165) is 17.2 Å². The molecule has 0 saturated heterocycles. The fraction of sp³-hybridized carbons (Fsp3) is 1.00. The van der Waals surface area contributed by atoms with E-state index in [1.807, 2.05) is 0 Å². The monoisotopic (exact) mass is 255 g/mol. The highest BCUT2D eigenvalue weighted by atomic mass is 32.2. The van der Waals surface area contributed by atoms with Gasteiger partial charge in [0.25, 0.3) is 0 Å². The molecule has 100 valence electrons. The Kier molecular flexibility index (Phi) is 6.21. The van der Waals surface area contributed by atoms with Gasteiger partial charge >= 0.3 is 0 Å². The summed E-state index contributed by atoms with van der Waals surface area (Å²) in [4.78, 5) is 0.